The molecule has 0 aliphatic carbocycles. The van der Waals surface area contributed by atoms with Crippen molar-refractivity contribution >= 4 is 33.4 Å². The number of hydrogen-bond acceptors (Lipinski definition) is 4. The fourth-order valence-corrected chi connectivity index (χ4v) is 2.79. The van der Waals surface area contributed by atoms with Crippen LogP contribution in [0.25, 0.3) is 10.2 Å². The molecule has 1 amide bonds. The third-order valence-corrected chi connectivity index (χ3v) is 4.61. The van der Waals surface area contributed by atoms with E-state index >= 15 is 0 Å². The van der Waals surface area contributed by atoms with Gasteiger partial charge in [0.05, 0.1) is 27.7 Å². The Kier molecular flexibility index (Phi) is 4.27. The van der Waals surface area contributed by atoms with E-state index in [0.717, 1.165) is 10.2 Å². The van der Waals surface area contributed by atoms with Crippen molar-refractivity contribution in [2.75, 3.05) is 0 Å². The minimum atomic E-state index is -0.932. The highest BCUT2D eigenvalue weighted by molar-refractivity contribution is 7.17. The Morgan fingerprint density at radius 3 is 2.81 bits per heavy atom. The number of carbonyl (C=O) groups excluding carboxylic acids is 1. The number of carbonyl (C=O) groups is 2. The molecule has 0 aliphatic rings. The summed E-state index contributed by atoms with van der Waals surface area (Å²) < 4.78 is 0.937. The van der Waals surface area contributed by atoms with Crippen molar-refractivity contribution in [3.8, 4) is 0 Å². The molecule has 0 aliphatic heterocycles. The van der Waals surface area contributed by atoms with Crippen LogP contribution in [0.4, 0.5) is 0 Å². The van der Waals surface area contributed by atoms with Gasteiger partial charge in [-0.15, -0.1) is 11.3 Å². The Bertz CT molecular complexity index is 680. The third-order valence-electron chi connectivity index (χ3n) is 3.76. The summed E-state index contributed by atoms with van der Waals surface area (Å²) in [4.78, 5) is 27.6. The SMILES string of the molecule is CC(C)C(C)(CC(=O)O)NC(=O)c1cnc2ccsc2c1. The van der Waals surface area contributed by atoms with Crippen LogP contribution in [0.5, 0.6) is 0 Å². The van der Waals surface area contributed by atoms with Crippen LogP contribution in [0.2, 0.25) is 0 Å². The number of fused-ring (bicyclic) bond motifs is 1. The average molecular weight is 306 g/mol. The Hall–Kier alpha value is -1.95. The zero-order valence-electron chi connectivity index (χ0n) is 12.2. The van der Waals surface area contributed by atoms with Crippen molar-refractivity contribution in [2.45, 2.75) is 32.7 Å². The Morgan fingerprint density at radius 2 is 2.19 bits per heavy atom. The zero-order chi connectivity index (χ0) is 15.6. The molecule has 2 N–H and O–H groups in total. The van der Waals surface area contributed by atoms with Crippen LogP contribution in [0.3, 0.4) is 0 Å². The number of aromatic nitrogens is 1. The van der Waals surface area contributed by atoms with E-state index in [-0.39, 0.29) is 18.2 Å². The van der Waals surface area contributed by atoms with Crippen LogP contribution in [0.15, 0.2) is 23.7 Å². The second-order valence-corrected chi connectivity index (χ2v) is 6.57. The topological polar surface area (TPSA) is 79.3 Å². The molecule has 0 radical (unpaired) electrons. The second kappa shape index (κ2) is 5.81. The van der Waals surface area contributed by atoms with Crippen molar-refractivity contribution in [1.29, 1.82) is 0 Å². The van der Waals surface area contributed by atoms with Gasteiger partial charge < -0.3 is 10.4 Å². The van der Waals surface area contributed by atoms with E-state index in [1.807, 2.05) is 25.3 Å². The van der Waals surface area contributed by atoms with Crippen molar-refractivity contribution in [3.63, 3.8) is 0 Å². The molecule has 6 heteroatoms. The Labute approximate surface area is 127 Å². The second-order valence-electron chi connectivity index (χ2n) is 5.62. The van der Waals surface area contributed by atoms with Gasteiger partial charge in [0.1, 0.15) is 0 Å². The molecule has 1 atom stereocenters. The lowest BCUT2D eigenvalue weighted by molar-refractivity contribution is -0.138. The molecule has 0 bridgehead atoms. The predicted octanol–water partition coefficient (Wildman–Crippen LogP) is 2.92. The number of pyridine rings is 1. The maximum atomic E-state index is 12.4. The van der Waals surface area contributed by atoms with Crippen molar-refractivity contribution in [1.82, 2.24) is 10.3 Å². The van der Waals surface area contributed by atoms with Gasteiger partial charge in [-0.2, -0.15) is 0 Å². The Balaban J connectivity index is 2.23. The molecule has 2 aromatic heterocycles. The van der Waals surface area contributed by atoms with Crippen LogP contribution >= 0.6 is 11.3 Å². The van der Waals surface area contributed by atoms with Crippen molar-refractivity contribution in [2.24, 2.45) is 5.92 Å². The van der Waals surface area contributed by atoms with Gasteiger partial charge in [0.25, 0.3) is 5.91 Å². The first kappa shape index (κ1) is 15.4. The van der Waals surface area contributed by atoms with Gasteiger partial charge >= 0.3 is 5.97 Å². The molecule has 5 nitrogen and oxygen atoms in total. The van der Waals surface area contributed by atoms with Crippen LogP contribution in [-0.2, 0) is 4.79 Å². The van der Waals surface area contributed by atoms with Crippen molar-refractivity contribution in [3.05, 3.63) is 29.3 Å². The van der Waals surface area contributed by atoms with Crippen LogP contribution < -0.4 is 5.32 Å². The molecule has 0 saturated heterocycles. The summed E-state index contributed by atoms with van der Waals surface area (Å²) in [5.74, 6) is -1.23. The van der Waals surface area contributed by atoms with Crippen LogP contribution in [-0.4, -0.2) is 27.5 Å². The average Bonchev–Trinajstić information content (AvgIpc) is 2.84. The van der Waals surface area contributed by atoms with E-state index < -0.39 is 11.5 Å². The highest BCUT2D eigenvalue weighted by Crippen LogP contribution is 2.23. The standard InChI is InChI=1S/C15H18N2O3S/c1-9(2)15(3,7-13(18)19)17-14(20)10-6-12-11(16-8-10)4-5-21-12/h4-6,8-9H,7H2,1-3H3,(H,17,20)(H,18,19). The van der Waals surface area contributed by atoms with Crippen LogP contribution in [0.1, 0.15) is 37.6 Å². The van der Waals surface area contributed by atoms with E-state index in [1.54, 1.807) is 13.0 Å². The fourth-order valence-electron chi connectivity index (χ4n) is 2.01. The summed E-state index contributed by atoms with van der Waals surface area (Å²) in [7, 11) is 0. The number of amides is 1. The van der Waals surface area contributed by atoms with E-state index in [9.17, 15) is 9.59 Å². The van der Waals surface area contributed by atoms with Gasteiger partial charge in [-0.05, 0) is 30.4 Å². The number of rotatable bonds is 5. The maximum absolute atomic E-state index is 12.4. The van der Waals surface area contributed by atoms with Gasteiger partial charge in [0.15, 0.2) is 0 Å². The number of carboxylic acid groups (broad SMARTS) is 1. The highest BCUT2D eigenvalue weighted by atomic mass is 32.1. The van der Waals surface area contributed by atoms with E-state index in [2.05, 4.69) is 10.3 Å². The molecule has 0 saturated carbocycles. The molecule has 2 rings (SSSR count). The summed E-state index contributed by atoms with van der Waals surface area (Å²) >= 11 is 1.52. The first-order valence-corrected chi connectivity index (χ1v) is 7.57. The number of nitrogens with one attached hydrogen (secondary N) is 1. The minimum Gasteiger partial charge on any atom is -0.481 e. The summed E-state index contributed by atoms with van der Waals surface area (Å²) in [5.41, 5.74) is 0.503. The lowest BCUT2D eigenvalue weighted by Crippen LogP contribution is -2.51. The molecular weight excluding hydrogens is 288 g/mol. The molecule has 21 heavy (non-hydrogen) atoms. The van der Waals surface area contributed by atoms with E-state index in [1.165, 1.54) is 17.5 Å². The van der Waals surface area contributed by atoms with Crippen molar-refractivity contribution < 1.29 is 14.7 Å². The Morgan fingerprint density at radius 1 is 1.48 bits per heavy atom. The first-order valence-electron chi connectivity index (χ1n) is 6.69. The van der Waals surface area contributed by atoms with E-state index in [0.29, 0.717) is 5.56 Å². The van der Waals surface area contributed by atoms with Crippen LogP contribution in [0, 0.1) is 5.92 Å². The summed E-state index contributed by atoms with van der Waals surface area (Å²) in [6.07, 6.45) is 1.40. The third kappa shape index (κ3) is 3.39. The van der Waals surface area contributed by atoms with Gasteiger partial charge in [0.2, 0.25) is 0 Å². The summed E-state index contributed by atoms with van der Waals surface area (Å²) in [6.45, 7) is 5.54. The molecule has 0 fully saturated rings. The molecule has 0 spiro atoms. The molecule has 112 valence electrons. The lowest BCUT2D eigenvalue weighted by atomic mass is 9.85. The summed E-state index contributed by atoms with van der Waals surface area (Å²) in [5, 5.41) is 13.8. The normalized spacial score (nSPS) is 14.1. The first-order chi connectivity index (χ1) is 9.82. The van der Waals surface area contributed by atoms with Gasteiger partial charge in [-0.3, -0.25) is 14.6 Å². The number of aliphatic carboxylic acids is 1. The van der Waals surface area contributed by atoms with Gasteiger partial charge in [-0.1, -0.05) is 13.8 Å². The number of thiophene rings is 1. The largest absolute Gasteiger partial charge is 0.481 e. The highest BCUT2D eigenvalue weighted by Gasteiger charge is 2.33. The fraction of sp³-hybridized carbons (Fsp3) is 0.400. The molecule has 2 aromatic rings. The number of carboxylic acids is 1. The lowest BCUT2D eigenvalue weighted by Gasteiger charge is -2.33. The smallest absolute Gasteiger partial charge is 0.305 e. The molecule has 0 aromatic carbocycles. The van der Waals surface area contributed by atoms with Gasteiger partial charge in [0, 0.05) is 6.20 Å². The van der Waals surface area contributed by atoms with E-state index in [4.69, 9.17) is 5.11 Å². The zero-order valence-corrected chi connectivity index (χ0v) is 13.0. The summed E-state index contributed by atoms with van der Waals surface area (Å²) in [6, 6.07) is 3.67. The number of hydrogen-bond donors (Lipinski definition) is 2. The number of nitrogens with zero attached hydrogens (tertiary/aromatic N) is 1. The molecule has 2 heterocycles. The maximum Gasteiger partial charge on any atom is 0.305 e. The molecular formula is C15H18N2O3S. The molecule has 1 unspecified atom stereocenters. The van der Waals surface area contributed by atoms with Gasteiger partial charge in [-0.25, -0.2) is 0 Å². The minimum absolute atomic E-state index is 0.00372. The quantitative estimate of drug-likeness (QED) is 0.890. The predicted molar refractivity (Wildman–Crippen MR) is 82.6 cm³/mol. The monoisotopic (exact) mass is 306 g/mol.